The van der Waals surface area contributed by atoms with Crippen molar-refractivity contribution >= 4 is 39.7 Å². The highest BCUT2D eigenvalue weighted by Crippen LogP contribution is 2.34. The number of methoxy groups -OCH3 is 1. The summed E-state index contributed by atoms with van der Waals surface area (Å²) in [6.45, 7) is 7.89. The molecule has 6 heteroatoms. The molecule has 0 bridgehead atoms. The van der Waals surface area contributed by atoms with E-state index in [4.69, 9.17) is 4.74 Å². The smallest absolute Gasteiger partial charge is 0.264 e. The quantitative estimate of drug-likeness (QED) is 0.897. The van der Waals surface area contributed by atoms with Crippen LogP contribution in [0.1, 0.15) is 29.1 Å². The van der Waals surface area contributed by atoms with Crippen molar-refractivity contribution in [1.29, 1.82) is 0 Å². The number of amides is 1. The van der Waals surface area contributed by atoms with Crippen LogP contribution in [0.15, 0.2) is 18.2 Å². The Morgan fingerprint density at radius 2 is 2.13 bits per heavy atom. The molecule has 0 spiro atoms. The third-order valence-electron chi connectivity index (χ3n) is 4.63. The maximum atomic E-state index is 13.0. The van der Waals surface area contributed by atoms with Crippen molar-refractivity contribution in [2.45, 2.75) is 32.9 Å². The third kappa shape index (κ3) is 3.18. The lowest BCUT2D eigenvalue weighted by Gasteiger charge is -2.38. The molecule has 1 aliphatic rings. The molecule has 126 valence electrons. The second kappa shape index (κ2) is 7.07. The van der Waals surface area contributed by atoms with E-state index < -0.39 is 0 Å². The number of benzene rings is 1. The Bertz CT molecular complexity index is 716. The summed E-state index contributed by atoms with van der Waals surface area (Å²) in [6.07, 6.45) is 0. The lowest BCUT2D eigenvalue weighted by Crippen LogP contribution is -2.57. The Morgan fingerprint density at radius 1 is 1.39 bits per heavy atom. The van der Waals surface area contributed by atoms with E-state index in [9.17, 15) is 4.79 Å². The van der Waals surface area contributed by atoms with Crippen LogP contribution in [0.3, 0.4) is 0 Å². The van der Waals surface area contributed by atoms with Crippen LogP contribution in [-0.2, 0) is 0 Å². The molecule has 1 amide bonds. The first kappa shape index (κ1) is 18.0. The minimum absolute atomic E-state index is 0. The topological polar surface area (TPSA) is 41.6 Å². The molecule has 1 aromatic carbocycles. The van der Waals surface area contributed by atoms with E-state index in [0.717, 1.165) is 39.4 Å². The van der Waals surface area contributed by atoms with Gasteiger partial charge in [-0.3, -0.25) is 4.79 Å². The zero-order valence-electron chi connectivity index (χ0n) is 13.9. The molecule has 1 N–H and O–H groups in total. The fourth-order valence-corrected chi connectivity index (χ4v) is 4.15. The van der Waals surface area contributed by atoms with E-state index in [0.29, 0.717) is 6.04 Å². The van der Waals surface area contributed by atoms with Crippen molar-refractivity contribution in [2.75, 3.05) is 20.2 Å². The van der Waals surface area contributed by atoms with Crippen LogP contribution < -0.4 is 10.1 Å². The highest BCUT2D eigenvalue weighted by molar-refractivity contribution is 7.21. The molecule has 2 atom stereocenters. The summed E-state index contributed by atoms with van der Waals surface area (Å²) >= 11 is 1.58. The molecule has 0 saturated carbocycles. The number of halogens is 1. The first-order valence-corrected chi connectivity index (χ1v) is 8.46. The molecule has 4 nitrogen and oxygen atoms in total. The maximum Gasteiger partial charge on any atom is 0.264 e. The van der Waals surface area contributed by atoms with E-state index in [1.165, 1.54) is 0 Å². The van der Waals surface area contributed by atoms with Crippen LogP contribution in [0.4, 0.5) is 0 Å². The average molecular weight is 355 g/mol. The molecule has 23 heavy (non-hydrogen) atoms. The largest absolute Gasteiger partial charge is 0.497 e. The Labute approximate surface area is 147 Å². The first-order valence-electron chi connectivity index (χ1n) is 7.64. The normalized spacial score (nSPS) is 21.1. The number of hydrogen-bond acceptors (Lipinski definition) is 4. The number of carbonyl (C=O) groups is 1. The number of carbonyl (C=O) groups excluding carboxylic acids is 1. The molecular formula is C17H23ClN2O2S. The number of nitrogens with zero attached hydrogens (tertiary/aromatic N) is 1. The minimum Gasteiger partial charge on any atom is -0.497 e. The van der Waals surface area contributed by atoms with Crippen LogP contribution in [0, 0.1) is 6.92 Å². The molecule has 1 aliphatic heterocycles. The lowest BCUT2D eigenvalue weighted by molar-refractivity contribution is 0.0607. The monoisotopic (exact) mass is 354 g/mol. The molecule has 2 heterocycles. The number of rotatable bonds is 2. The fraction of sp³-hybridized carbons (Fsp3) is 0.471. The van der Waals surface area contributed by atoms with Gasteiger partial charge in [0.2, 0.25) is 0 Å². The number of nitrogens with one attached hydrogen (secondary N) is 1. The molecule has 3 rings (SSSR count). The maximum absolute atomic E-state index is 13.0. The van der Waals surface area contributed by atoms with Gasteiger partial charge in [0.05, 0.1) is 12.0 Å². The standard InChI is InChI=1S/C17H22N2O2S.ClH/c1-10-14-9-13(21-4)5-6-15(14)22-16(10)17(20)19-8-7-18-11(2)12(19)3;/h5-6,9,11-12,18H,7-8H2,1-4H3;1H. The average Bonchev–Trinajstić information content (AvgIpc) is 2.86. The first-order chi connectivity index (χ1) is 10.5. The zero-order chi connectivity index (χ0) is 15.9. The van der Waals surface area contributed by atoms with Crippen molar-refractivity contribution < 1.29 is 9.53 Å². The Kier molecular flexibility index (Phi) is 5.55. The fourth-order valence-electron chi connectivity index (χ4n) is 3.00. The number of piperazine rings is 1. The predicted octanol–water partition coefficient (Wildman–Crippen LogP) is 3.46. The SMILES string of the molecule is COc1ccc2sc(C(=O)N3CCNC(C)C3C)c(C)c2c1.Cl. The van der Waals surface area contributed by atoms with Crippen LogP contribution >= 0.6 is 23.7 Å². The molecule has 2 unspecified atom stereocenters. The zero-order valence-corrected chi connectivity index (χ0v) is 15.5. The van der Waals surface area contributed by atoms with Gasteiger partial charge in [0.25, 0.3) is 5.91 Å². The van der Waals surface area contributed by atoms with E-state index in [1.54, 1.807) is 18.4 Å². The summed E-state index contributed by atoms with van der Waals surface area (Å²) in [7, 11) is 1.67. The van der Waals surface area contributed by atoms with E-state index in [-0.39, 0.29) is 24.4 Å². The minimum atomic E-state index is 0. The third-order valence-corrected chi connectivity index (χ3v) is 5.89. The number of hydrogen-bond donors (Lipinski definition) is 1. The summed E-state index contributed by atoms with van der Waals surface area (Å²) in [5, 5.41) is 4.53. The van der Waals surface area contributed by atoms with Crippen molar-refractivity contribution in [2.24, 2.45) is 0 Å². The van der Waals surface area contributed by atoms with Gasteiger partial charge in [-0.15, -0.1) is 23.7 Å². The molecular weight excluding hydrogens is 332 g/mol. The summed E-state index contributed by atoms with van der Waals surface area (Å²) in [4.78, 5) is 15.8. The number of aryl methyl sites for hydroxylation is 1. The van der Waals surface area contributed by atoms with Gasteiger partial charge in [-0.2, -0.15) is 0 Å². The van der Waals surface area contributed by atoms with E-state index in [1.807, 2.05) is 30.0 Å². The van der Waals surface area contributed by atoms with Crippen molar-refractivity contribution in [3.63, 3.8) is 0 Å². The van der Waals surface area contributed by atoms with Gasteiger partial charge in [0.15, 0.2) is 0 Å². The van der Waals surface area contributed by atoms with Crippen LogP contribution in [0.25, 0.3) is 10.1 Å². The van der Waals surface area contributed by atoms with Crippen LogP contribution in [-0.4, -0.2) is 43.1 Å². The highest BCUT2D eigenvalue weighted by atomic mass is 35.5. The predicted molar refractivity (Wildman–Crippen MR) is 98.3 cm³/mol. The molecule has 0 radical (unpaired) electrons. The Hall–Kier alpha value is -1.30. The van der Waals surface area contributed by atoms with Gasteiger partial charge in [-0.1, -0.05) is 0 Å². The van der Waals surface area contributed by atoms with Crippen molar-refractivity contribution in [1.82, 2.24) is 10.2 Å². The molecule has 0 aliphatic carbocycles. The Balaban J connectivity index is 0.00000192. The number of thiophene rings is 1. The van der Waals surface area contributed by atoms with Gasteiger partial charge in [-0.25, -0.2) is 0 Å². The van der Waals surface area contributed by atoms with Gasteiger partial charge in [0, 0.05) is 29.9 Å². The summed E-state index contributed by atoms with van der Waals surface area (Å²) in [6, 6.07) is 6.53. The highest BCUT2D eigenvalue weighted by Gasteiger charge is 2.30. The van der Waals surface area contributed by atoms with Crippen LogP contribution in [0.2, 0.25) is 0 Å². The summed E-state index contributed by atoms with van der Waals surface area (Å²) in [5.74, 6) is 0.982. The molecule has 1 saturated heterocycles. The summed E-state index contributed by atoms with van der Waals surface area (Å²) in [5.41, 5.74) is 1.06. The van der Waals surface area contributed by atoms with E-state index in [2.05, 4.69) is 19.2 Å². The van der Waals surface area contributed by atoms with Crippen molar-refractivity contribution in [3.05, 3.63) is 28.6 Å². The molecule has 1 fully saturated rings. The van der Waals surface area contributed by atoms with Crippen molar-refractivity contribution in [3.8, 4) is 5.75 Å². The number of fused-ring (bicyclic) bond motifs is 1. The Morgan fingerprint density at radius 3 is 2.83 bits per heavy atom. The van der Waals surface area contributed by atoms with Gasteiger partial charge < -0.3 is 15.0 Å². The van der Waals surface area contributed by atoms with Crippen LogP contribution in [0.5, 0.6) is 5.75 Å². The van der Waals surface area contributed by atoms with Gasteiger partial charge in [0.1, 0.15) is 5.75 Å². The van der Waals surface area contributed by atoms with Gasteiger partial charge >= 0.3 is 0 Å². The second-order valence-electron chi connectivity index (χ2n) is 5.90. The summed E-state index contributed by atoms with van der Waals surface area (Å²) < 4.78 is 6.43. The second-order valence-corrected chi connectivity index (χ2v) is 6.95. The molecule has 2 aromatic rings. The van der Waals surface area contributed by atoms with Gasteiger partial charge in [-0.05, 0) is 49.9 Å². The van der Waals surface area contributed by atoms with E-state index >= 15 is 0 Å². The number of ether oxygens (including phenoxy) is 1. The molecule has 1 aromatic heterocycles. The lowest BCUT2D eigenvalue weighted by atomic mass is 10.1.